The molecule has 0 unspecified atom stereocenters. The molecule has 2 aliphatic heterocycles. The first-order valence-electron chi connectivity index (χ1n) is 9.62. The smallest absolute Gasteiger partial charge is 0.222 e. The molecule has 0 spiro atoms. The highest BCUT2D eigenvalue weighted by Crippen LogP contribution is 2.21. The first-order chi connectivity index (χ1) is 12.1. The number of hydrogen-bond acceptors (Lipinski definition) is 3. The van der Waals surface area contributed by atoms with Gasteiger partial charge in [-0.3, -0.25) is 4.79 Å². The predicted octanol–water partition coefficient (Wildman–Crippen LogP) is 3.13. The van der Waals surface area contributed by atoms with Crippen molar-refractivity contribution in [1.82, 2.24) is 9.80 Å². The maximum Gasteiger partial charge on any atom is 0.222 e. The monoisotopic (exact) mass is 347 g/mol. The number of nitrogens with zero attached hydrogens (tertiary/aromatic N) is 3. The molecule has 0 aliphatic carbocycles. The van der Waals surface area contributed by atoms with Crippen molar-refractivity contribution in [2.75, 3.05) is 44.7 Å². The van der Waals surface area contributed by atoms with Crippen LogP contribution in [0.5, 0.6) is 0 Å². The molecule has 0 saturated carbocycles. The zero-order valence-corrected chi connectivity index (χ0v) is 15.3. The number of piperidine rings is 1. The topological polar surface area (TPSA) is 26.8 Å². The molecule has 5 heteroatoms. The summed E-state index contributed by atoms with van der Waals surface area (Å²) in [6.07, 6.45) is 6.40. The van der Waals surface area contributed by atoms with Gasteiger partial charge in [0.1, 0.15) is 5.82 Å². The van der Waals surface area contributed by atoms with Crippen LogP contribution in [0.15, 0.2) is 24.3 Å². The van der Waals surface area contributed by atoms with Crippen molar-refractivity contribution in [1.29, 1.82) is 0 Å². The summed E-state index contributed by atoms with van der Waals surface area (Å²) < 4.78 is 13.1. The predicted molar refractivity (Wildman–Crippen MR) is 99.3 cm³/mol. The average molecular weight is 347 g/mol. The summed E-state index contributed by atoms with van der Waals surface area (Å²) in [4.78, 5) is 19.3. The van der Waals surface area contributed by atoms with E-state index >= 15 is 0 Å². The number of anilines is 1. The standard InChI is InChI=1S/C20H30FN3O/c1-22-12-3-2-5-18(22)10-11-20(25)24-14-4-13-23(15-16-24)19-8-6-17(21)7-9-19/h6-9,18H,2-5,10-16H2,1H3/t18-/m0/s1. The molecule has 4 nitrogen and oxygen atoms in total. The van der Waals surface area contributed by atoms with Crippen molar-refractivity contribution in [3.63, 3.8) is 0 Å². The molecule has 0 aromatic heterocycles. The van der Waals surface area contributed by atoms with E-state index < -0.39 is 0 Å². The summed E-state index contributed by atoms with van der Waals surface area (Å²) in [6, 6.07) is 7.23. The molecule has 0 radical (unpaired) electrons. The fraction of sp³-hybridized carbons (Fsp3) is 0.650. The van der Waals surface area contributed by atoms with Crippen molar-refractivity contribution in [3.8, 4) is 0 Å². The third-order valence-corrected chi connectivity index (χ3v) is 5.65. The summed E-state index contributed by atoms with van der Waals surface area (Å²) in [6.45, 7) is 4.49. The summed E-state index contributed by atoms with van der Waals surface area (Å²) in [5, 5.41) is 0. The largest absolute Gasteiger partial charge is 0.370 e. The van der Waals surface area contributed by atoms with Gasteiger partial charge in [0.15, 0.2) is 0 Å². The van der Waals surface area contributed by atoms with E-state index in [0.717, 1.165) is 51.3 Å². The number of halogens is 1. The molecule has 0 N–H and O–H groups in total. The van der Waals surface area contributed by atoms with Crippen LogP contribution in [-0.2, 0) is 4.79 Å². The van der Waals surface area contributed by atoms with Gasteiger partial charge in [-0.15, -0.1) is 0 Å². The first-order valence-corrected chi connectivity index (χ1v) is 9.62. The summed E-state index contributed by atoms with van der Waals surface area (Å²) in [7, 11) is 2.18. The van der Waals surface area contributed by atoms with Gasteiger partial charge in [0.2, 0.25) is 5.91 Å². The minimum absolute atomic E-state index is 0.206. The molecule has 0 bridgehead atoms. The van der Waals surface area contributed by atoms with E-state index in [2.05, 4.69) is 16.8 Å². The Kier molecular flexibility index (Phi) is 6.29. The second-order valence-corrected chi connectivity index (χ2v) is 7.37. The highest BCUT2D eigenvalue weighted by atomic mass is 19.1. The van der Waals surface area contributed by atoms with Crippen LogP contribution in [-0.4, -0.2) is 61.5 Å². The highest BCUT2D eigenvalue weighted by Gasteiger charge is 2.23. The van der Waals surface area contributed by atoms with Crippen molar-refractivity contribution in [3.05, 3.63) is 30.1 Å². The number of hydrogen-bond donors (Lipinski definition) is 0. The normalized spacial score (nSPS) is 22.7. The van der Waals surface area contributed by atoms with E-state index in [1.165, 1.54) is 31.4 Å². The van der Waals surface area contributed by atoms with Crippen LogP contribution in [0.1, 0.15) is 38.5 Å². The van der Waals surface area contributed by atoms with E-state index in [4.69, 9.17) is 0 Å². The SMILES string of the molecule is CN1CCCC[C@H]1CCC(=O)N1CCCN(c2ccc(F)cc2)CC1. The molecule has 2 heterocycles. The molecule has 2 fully saturated rings. The second-order valence-electron chi connectivity index (χ2n) is 7.37. The van der Waals surface area contributed by atoms with Crippen LogP contribution in [0.3, 0.4) is 0 Å². The third kappa shape index (κ3) is 4.94. The molecule has 25 heavy (non-hydrogen) atoms. The minimum atomic E-state index is -0.206. The van der Waals surface area contributed by atoms with E-state index in [0.29, 0.717) is 18.4 Å². The van der Waals surface area contributed by atoms with Gasteiger partial charge in [-0.05, 0) is 63.5 Å². The summed E-state index contributed by atoms with van der Waals surface area (Å²) in [5.41, 5.74) is 1.04. The number of benzene rings is 1. The van der Waals surface area contributed by atoms with E-state index in [1.807, 2.05) is 17.0 Å². The van der Waals surface area contributed by atoms with Crippen molar-refractivity contribution in [2.45, 2.75) is 44.6 Å². The van der Waals surface area contributed by atoms with Gasteiger partial charge in [-0.2, -0.15) is 0 Å². The molecular formula is C20H30FN3O. The lowest BCUT2D eigenvalue weighted by Crippen LogP contribution is -2.39. The van der Waals surface area contributed by atoms with E-state index in [-0.39, 0.29) is 5.82 Å². The van der Waals surface area contributed by atoms with Crippen molar-refractivity contribution >= 4 is 11.6 Å². The molecular weight excluding hydrogens is 317 g/mol. The molecule has 1 amide bonds. The van der Waals surface area contributed by atoms with Gasteiger partial charge < -0.3 is 14.7 Å². The zero-order valence-electron chi connectivity index (χ0n) is 15.3. The molecule has 1 aromatic rings. The maximum absolute atomic E-state index is 13.1. The molecule has 1 aromatic carbocycles. The summed E-state index contributed by atoms with van der Waals surface area (Å²) >= 11 is 0. The molecule has 2 saturated heterocycles. The highest BCUT2D eigenvalue weighted by molar-refractivity contribution is 5.76. The number of carbonyl (C=O) groups is 1. The quantitative estimate of drug-likeness (QED) is 0.837. The lowest BCUT2D eigenvalue weighted by molar-refractivity contribution is -0.131. The lowest BCUT2D eigenvalue weighted by Gasteiger charge is -2.32. The van der Waals surface area contributed by atoms with Gasteiger partial charge in [0.25, 0.3) is 0 Å². The molecule has 2 aliphatic rings. The Morgan fingerprint density at radius 1 is 1.04 bits per heavy atom. The molecule has 3 rings (SSSR count). The van der Waals surface area contributed by atoms with Gasteiger partial charge in [-0.25, -0.2) is 4.39 Å². The van der Waals surface area contributed by atoms with E-state index in [9.17, 15) is 9.18 Å². The number of amides is 1. The van der Waals surface area contributed by atoms with Gasteiger partial charge >= 0.3 is 0 Å². The van der Waals surface area contributed by atoms with Crippen molar-refractivity contribution in [2.24, 2.45) is 0 Å². The Hall–Kier alpha value is -1.62. The fourth-order valence-corrected chi connectivity index (χ4v) is 4.03. The molecule has 138 valence electrons. The Bertz CT molecular complexity index is 563. The molecule has 1 atom stereocenters. The zero-order chi connectivity index (χ0) is 17.6. The Morgan fingerprint density at radius 3 is 2.60 bits per heavy atom. The third-order valence-electron chi connectivity index (χ3n) is 5.65. The van der Waals surface area contributed by atoms with E-state index in [1.54, 1.807) is 0 Å². The second kappa shape index (κ2) is 8.65. The Morgan fingerprint density at radius 2 is 1.84 bits per heavy atom. The first kappa shape index (κ1) is 18.2. The Labute approximate surface area is 150 Å². The van der Waals surface area contributed by atoms with Crippen LogP contribution in [0.25, 0.3) is 0 Å². The van der Waals surface area contributed by atoms with Crippen molar-refractivity contribution < 1.29 is 9.18 Å². The number of likely N-dealkylation sites (tertiary alicyclic amines) is 1. The van der Waals surface area contributed by atoms with Crippen LogP contribution >= 0.6 is 0 Å². The fourth-order valence-electron chi connectivity index (χ4n) is 4.03. The average Bonchev–Trinajstić information content (AvgIpc) is 2.88. The van der Waals surface area contributed by atoms with Crippen LogP contribution < -0.4 is 4.90 Å². The number of carbonyl (C=O) groups excluding carboxylic acids is 1. The van der Waals surface area contributed by atoms with Crippen LogP contribution in [0, 0.1) is 5.82 Å². The van der Waals surface area contributed by atoms with Gasteiger partial charge in [0.05, 0.1) is 0 Å². The Balaban J connectivity index is 1.48. The lowest BCUT2D eigenvalue weighted by atomic mass is 9.98. The maximum atomic E-state index is 13.1. The summed E-state index contributed by atoms with van der Waals surface area (Å²) in [5.74, 6) is 0.0861. The van der Waals surface area contributed by atoms with Gasteiger partial charge in [-0.1, -0.05) is 6.42 Å². The minimum Gasteiger partial charge on any atom is -0.370 e. The van der Waals surface area contributed by atoms with Crippen LogP contribution in [0.2, 0.25) is 0 Å². The number of rotatable bonds is 4. The van der Waals surface area contributed by atoms with Gasteiger partial charge in [0, 0.05) is 44.3 Å². The van der Waals surface area contributed by atoms with Crippen LogP contribution in [0.4, 0.5) is 10.1 Å².